The van der Waals surface area contributed by atoms with E-state index in [-0.39, 0.29) is 11.4 Å². The number of rotatable bonds is 4. The zero-order valence-electron chi connectivity index (χ0n) is 10.5. The third-order valence-electron chi connectivity index (χ3n) is 2.80. The minimum Gasteiger partial charge on any atom is -0.207 e. The van der Waals surface area contributed by atoms with Gasteiger partial charge in [-0.2, -0.15) is 4.31 Å². The molecule has 0 N–H and O–H groups in total. The maximum absolute atomic E-state index is 12.3. The first kappa shape index (κ1) is 14.1. The summed E-state index contributed by atoms with van der Waals surface area (Å²) >= 11 is 6.04. The van der Waals surface area contributed by atoms with Gasteiger partial charge in [0.1, 0.15) is 0 Å². The molecule has 0 amide bonds. The monoisotopic (exact) mass is 295 g/mol. The molecule has 100 valence electrons. The lowest BCUT2D eigenvalue weighted by atomic mass is 10.2. The number of nitrogens with zero attached hydrogens (tertiary/aromatic N) is 1. The first-order chi connectivity index (χ1) is 9.01. The molecule has 19 heavy (non-hydrogen) atoms. The second kappa shape index (κ2) is 5.74. The standard InChI is InChI=1S/C14H14ClNO2S/c1-16(11-12-7-5-6-10-14(12)15)19(17,18)13-8-3-2-4-9-13/h2-10H,11H2,1H3. The summed E-state index contributed by atoms with van der Waals surface area (Å²) in [4.78, 5) is 0.282. The largest absolute Gasteiger partial charge is 0.243 e. The van der Waals surface area contributed by atoms with Crippen molar-refractivity contribution in [3.63, 3.8) is 0 Å². The van der Waals surface area contributed by atoms with E-state index in [9.17, 15) is 8.42 Å². The highest BCUT2D eigenvalue weighted by atomic mass is 35.5. The molecule has 0 heterocycles. The van der Waals surface area contributed by atoms with E-state index in [4.69, 9.17) is 11.6 Å². The van der Waals surface area contributed by atoms with Crippen LogP contribution in [0.1, 0.15) is 5.56 Å². The van der Waals surface area contributed by atoms with Crippen LogP contribution >= 0.6 is 11.6 Å². The quantitative estimate of drug-likeness (QED) is 0.869. The molecule has 0 atom stereocenters. The summed E-state index contributed by atoms with van der Waals surface area (Å²) in [6.45, 7) is 0.247. The van der Waals surface area contributed by atoms with Gasteiger partial charge >= 0.3 is 0 Å². The van der Waals surface area contributed by atoms with Crippen molar-refractivity contribution in [3.05, 3.63) is 65.2 Å². The maximum atomic E-state index is 12.3. The second-order valence-electron chi connectivity index (χ2n) is 4.17. The summed E-state index contributed by atoms with van der Waals surface area (Å²) in [7, 11) is -1.93. The van der Waals surface area contributed by atoms with Gasteiger partial charge in [0.05, 0.1) is 4.90 Å². The molecule has 0 saturated heterocycles. The Hall–Kier alpha value is -1.36. The Morgan fingerprint density at radius 3 is 2.21 bits per heavy atom. The molecule has 0 aromatic heterocycles. The van der Waals surface area contributed by atoms with Crippen LogP contribution < -0.4 is 0 Å². The minimum atomic E-state index is -3.48. The van der Waals surface area contributed by atoms with E-state index < -0.39 is 10.0 Å². The normalized spacial score (nSPS) is 11.7. The summed E-state index contributed by atoms with van der Waals surface area (Å²) in [5.74, 6) is 0. The third-order valence-corrected chi connectivity index (χ3v) is 4.99. The van der Waals surface area contributed by atoms with Crippen LogP contribution in [-0.2, 0) is 16.6 Å². The van der Waals surface area contributed by atoms with E-state index in [1.807, 2.05) is 18.2 Å². The van der Waals surface area contributed by atoms with Crippen molar-refractivity contribution < 1.29 is 8.42 Å². The molecule has 2 aromatic carbocycles. The molecule has 0 spiro atoms. The Bertz CT molecular complexity index is 656. The fraction of sp³-hybridized carbons (Fsp3) is 0.143. The van der Waals surface area contributed by atoms with Gasteiger partial charge in [0.15, 0.2) is 0 Å². The SMILES string of the molecule is CN(Cc1ccccc1Cl)S(=O)(=O)c1ccccc1. The van der Waals surface area contributed by atoms with Gasteiger partial charge in [0, 0.05) is 18.6 Å². The van der Waals surface area contributed by atoms with E-state index >= 15 is 0 Å². The predicted molar refractivity (Wildman–Crippen MR) is 76.5 cm³/mol. The summed E-state index contributed by atoms with van der Waals surface area (Å²) < 4.78 is 26.0. The van der Waals surface area contributed by atoms with E-state index in [1.54, 1.807) is 43.4 Å². The number of halogens is 1. The average Bonchev–Trinajstić information content (AvgIpc) is 2.42. The molecule has 0 aliphatic carbocycles. The van der Waals surface area contributed by atoms with Crippen molar-refractivity contribution in [2.24, 2.45) is 0 Å². The van der Waals surface area contributed by atoms with E-state index in [0.717, 1.165) is 5.56 Å². The van der Waals surface area contributed by atoms with Crippen LogP contribution in [0.2, 0.25) is 5.02 Å². The van der Waals surface area contributed by atoms with E-state index in [0.29, 0.717) is 5.02 Å². The van der Waals surface area contributed by atoms with Gasteiger partial charge < -0.3 is 0 Å². The molecule has 0 saturated carbocycles. The molecule has 0 bridgehead atoms. The smallest absolute Gasteiger partial charge is 0.207 e. The topological polar surface area (TPSA) is 37.4 Å². The lowest BCUT2D eigenvalue weighted by Crippen LogP contribution is -2.26. The molecule has 0 fully saturated rings. The zero-order chi connectivity index (χ0) is 13.9. The number of hydrogen-bond donors (Lipinski definition) is 0. The van der Waals surface area contributed by atoms with Crippen LogP contribution in [0.25, 0.3) is 0 Å². The van der Waals surface area contributed by atoms with Crippen molar-refractivity contribution >= 4 is 21.6 Å². The van der Waals surface area contributed by atoms with Crippen molar-refractivity contribution in [1.29, 1.82) is 0 Å². The van der Waals surface area contributed by atoms with Crippen molar-refractivity contribution in [3.8, 4) is 0 Å². The molecule has 5 heteroatoms. The molecular weight excluding hydrogens is 282 g/mol. The summed E-state index contributed by atoms with van der Waals surface area (Å²) in [6, 6.07) is 15.6. The van der Waals surface area contributed by atoms with Crippen LogP contribution in [0.5, 0.6) is 0 Å². The summed E-state index contributed by atoms with van der Waals surface area (Å²) in [5.41, 5.74) is 0.783. The zero-order valence-corrected chi connectivity index (χ0v) is 12.0. The van der Waals surface area contributed by atoms with Crippen molar-refractivity contribution in [2.45, 2.75) is 11.4 Å². The van der Waals surface area contributed by atoms with Gasteiger partial charge in [-0.25, -0.2) is 8.42 Å². The Labute approximate surface area is 118 Å². The van der Waals surface area contributed by atoms with Crippen LogP contribution in [0, 0.1) is 0 Å². The third kappa shape index (κ3) is 3.15. The number of benzene rings is 2. The molecule has 0 aliphatic heterocycles. The Balaban J connectivity index is 2.26. The second-order valence-corrected chi connectivity index (χ2v) is 6.62. The highest BCUT2D eigenvalue weighted by Crippen LogP contribution is 2.20. The minimum absolute atomic E-state index is 0.247. The predicted octanol–water partition coefficient (Wildman–Crippen LogP) is 3.16. The van der Waals surface area contributed by atoms with Gasteiger partial charge in [-0.05, 0) is 23.8 Å². The Morgan fingerprint density at radius 2 is 1.58 bits per heavy atom. The maximum Gasteiger partial charge on any atom is 0.243 e. The number of hydrogen-bond acceptors (Lipinski definition) is 2. The van der Waals surface area contributed by atoms with Gasteiger partial charge in [0.25, 0.3) is 0 Å². The molecule has 0 aliphatic rings. The van der Waals surface area contributed by atoms with E-state index in [2.05, 4.69) is 0 Å². The molecule has 2 aromatic rings. The van der Waals surface area contributed by atoms with Crippen LogP contribution in [0.15, 0.2) is 59.5 Å². The number of sulfonamides is 1. The van der Waals surface area contributed by atoms with Gasteiger partial charge in [0.2, 0.25) is 10.0 Å². The molecule has 0 unspecified atom stereocenters. The van der Waals surface area contributed by atoms with E-state index in [1.165, 1.54) is 4.31 Å². The highest BCUT2D eigenvalue weighted by molar-refractivity contribution is 7.89. The average molecular weight is 296 g/mol. The van der Waals surface area contributed by atoms with Crippen LogP contribution in [0.3, 0.4) is 0 Å². The van der Waals surface area contributed by atoms with Crippen LogP contribution in [0.4, 0.5) is 0 Å². The van der Waals surface area contributed by atoms with Crippen molar-refractivity contribution in [2.75, 3.05) is 7.05 Å². The molecule has 0 radical (unpaired) electrons. The lowest BCUT2D eigenvalue weighted by molar-refractivity contribution is 0.467. The van der Waals surface area contributed by atoms with Gasteiger partial charge in [-0.15, -0.1) is 0 Å². The summed E-state index contributed by atoms with van der Waals surface area (Å²) in [5, 5.41) is 0.567. The fourth-order valence-corrected chi connectivity index (χ4v) is 3.09. The molecule has 2 rings (SSSR count). The Morgan fingerprint density at radius 1 is 1.00 bits per heavy atom. The molecule has 3 nitrogen and oxygen atoms in total. The Kier molecular flexibility index (Phi) is 4.24. The van der Waals surface area contributed by atoms with Gasteiger partial charge in [-0.1, -0.05) is 48.0 Å². The molecular formula is C14H14ClNO2S. The van der Waals surface area contributed by atoms with Crippen molar-refractivity contribution in [1.82, 2.24) is 4.31 Å². The first-order valence-corrected chi connectivity index (χ1v) is 7.58. The first-order valence-electron chi connectivity index (χ1n) is 5.76. The fourth-order valence-electron chi connectivity index (χ4n) is 1.72. The highest BCUT2D eigenvalue weighted by Gasteiger charge is 2.20. The summed E-state index contributed by atoms with van der Waals surface area (Å²) in [6.07, 6.45) is 0. The van der Waals surface area contributed by atoms with Gasteiger partial charge in [-0.3, -0.25) is 0 Å². The lowest BCUT2D eigenvalue weighted by Gasteiger charge is -2.17. The van der Waals surface area contributed by atoms with Crippen LogP contribution in [-0.4, -0.2) is 19.8 Å².